The predicted molar refractivity (Wildman–Crippen MR) is 73.7 cm³/mol. The maximum atomic E-state index is 11.1. The van der Waals surface area contributed by atoms with Crippen molar-refractivity contribution in [2.45, 2.75) is 25.9 Å². The molecule has 0 aliphatic carbocycles. The summed E-state index contributed by atoms with van der Waals surface area (Å²) in [4.78, 5) is 13.4. The summed E-state index contributed by atoms with van der Waals surface area (Å²) in [6, 6.07) is 5.47. The fraction of sp³-hybridized carbons (Fsp3) is 0.500. The van der Waals surface area contributed by atoms with Crippen LogP contribution in [0.5, 0.6) is 0 Å². The van der Waals surface area contributed by atoms with Crippen LogP contribution in [0.25, 0.3) is 0 Å². The van der Waals surface area contributed by atoms with Gasteiger partial charge in [-0.3, -0.25) is 4.79 Å². The summed E-state index contributed by atoms with van der Waals surface area (Å²) in [5.41, 5.74) is 1.61. The zero-order chi connectivity index (χ0) is 13.0. The van der Waals surface area contributed by atoms with Crippen LogP contribution in [0, 0.1) is 0 Å². The molecule has 0 amide bonds. The zero-order valence-corrected chi connectivity index (χ0v) is 11.3. The topological polar surface area (TPSA) is 29.5 Å². The van der Waals surface area contributed by atoms with Crippen LogP contribution >= 0.6 is 11.6 Å². The number of aldehydes is 1. The molecule has 98 valence electrons. The van der Waals surface area contributed by atoms with Crippen molar-refractivity contribution in [3.05, 3.63) is 28.8 Å². The van der Waals surface area contributed by atoms with Crippen molar-refractivity contribution >= 4 is 23.6 Å². The van der Waals surface area contributed by atoms with Crippen LogP contribution in [-0.4, -0.2) is 32.1 Å². The quantitative estimate of drug-likeness (QED) is 0.788. The highest BCUT2D eigenvalue weighted by molar-refractivity contribution is 6.31. The lowest BCUT2D eigenvalue weighted by Gasteiger charge is -2.26. The number of halogens is 1. The summed E-state index contributed by atoms with van der Waals surface area (Å²) in [7, 11) is 0. The largest absolute Gasteiger partial charge is 0.376 e. The molecule has 18 heavy (non-hydrogen) atoms. The average Bonchev–Trinajstić information content (AvgIpc) is 2.63. The van der Waals surface area contributed by atoms with E-state index in [1.165, 1.54) is 0 Å². The Labute approximate surface area is 113 Å². The van der Waals surface area contributed by atoms with Crippen LogP contribution in [0.4, 0.5) is 5.69 Å². The normalized spacial score (nSPS) is 20.6. The summed E-state index contributed by atoms with van der Waals surface area (Å²) >= 11 is 5.92. The van der Waals surface area contributed by atoms with E-state index in [2.05, 4.69) is 11.8 Å². The lowest BCUT2D eigenvalue weighted by molar-refractivity contribution is 0.0664. The van der Waals surface area contributed by atoms with Crippen LogP contribution in [0.15, 0.2) is 18.2 Å². The number of ether oxygens (including phenoxy) is 1. The fourth-order valence-electron chi connectivity index (χ4n) is 2.27. The van der Waals surface area contributed by atoms with Crippen molar-refractivity contribution in [3.8, 4) is 0 Å². The molecule has 1 aliphatic rings. The van der Waals surface area contributed by atoms with Crippen molar-refractivity contribution < 1.29 is 9.53 Å². The molecule has 1 fully saturated rings. The van der Waals surface area contributed by atoms with E-state index in [0.29, 0.717) is 10.6 Å². The molecule has 1 unspecified atom stereocenters. The lowest BCUT2D eigenvalue weighted by Crippen LogP contribution is -2.32. The number of hydrogen-bond donors (Lipinski definition) is 0. The fourth-order valence-corrected chi connectivity index (χ4v) is 2.45. The lowest BCUT2D eigenvalue weighted by atomic mass is 10.1. The molecule has 1 atom stereocenters. The Bertz CT molecular complexity index is 422. The van der Waals surface area contributed by atoms with E-state index in [9.17, 15) is 4.79 Å². The highest BCUT2D eigenvalue weighted by Gasteiger charge is 2.19. The van der Waals surface area contributed by atoms with Crippen LogP contribution in [0.3, 0.4) is 0 Å². The first-order valence-electron chi connectivity index (χ1n) is 6.36. The standard InChI is InChI=1S/C14H18ClNO2/c1-2-13-9-16(6-3-7-18-13)14-5-4-12(15)8-11(14)10-17/h4-5,8,10,13H,2-3,6-7,9H2,1H3. The molecule has 1 aromatic carbocycles. The third-order valence-electron chi connectivity index (χ3n) is 3.26. The number of rotatable bonds is 3. The smallest absolute Gasteiger partial charge is 0.152 e. The minimum atomic E-state index is 0.239. The molecular formula is C14H18ClNO2. The van der Waals surface area contributed by atoms with Crippen LogP contribution in [0.1, 0.15) is 30.1 Å². The number of anilines is 1. The maximum Gasteiger partial charge on any atom is 0.152 e. The summed E-state index contributed by atoms with van der Waals surface area (Å²) in [5, 5.41) is 0.596. The van der Waals surface area contributed by atoms with E-state index in [1.807, 2.05) is 12.1 Å². The summed E-state index contributed by atoms with van der Waals surface area (Å²) < 4.78 is 5.75. The van der Waals surface area contributed by atoms with Gasteiger partial charge in [-0.1, -0.05) is 18.5 Å². The van der Waals surface area contributed by atoms with Gasteiger partial charge in [0, 0.05) is 36.0 Å². The molecule has 3 nitrogen and oxygen atoms in total. The van der Waals surface area contributed by atoms with E-state index < -0.39 is 0 Å². The number of hydrogen-bond acceptors (Lipinski definition) is 3. The Balaban J connectivity index is 2.26. The van der Waals surface area contributed by atoms with Gasteiger partial charge in [-0.15, -0.1) is 0 Å². The van der Waals surface area contributed by atoms with Crippen LogP contribution in [0.2, 0.25) is 5.02 Å². The zero-order valence-electron chi connectivity index (χ0n) is 10.6. The Morgan fingerprint density at radius 1 is 1.56 bits per heavy atom. The van der Waals surface area contributed by atoms with Crippen molar-refractivity contribution in [2.24, 2.45) is 0 Å². The van der Waals surface area contributed by atoms with Gasteiger partial charge in [-0.05, 0) is 31.0 Å². The highest BCUT2D eigenvalue weighted by atomic mass is 35.5. The van der Waals surface area contributed by atoms with Gasteiger partial charge in [0.05, 0.1) is 6.10 Å². The van der Waals surface area contributed by atoms with E-state index in [-0.39, 0.29) is 6.10 Å². The summed E-state index contributed by atoms with van der Waals surface area (Å²) in [6.07, 6.45) is 3.08. The second-order valence-corrected chi connectivity index (χ2v) is 4.96. The maximum absolute atomic E-state index is 11.1. The second kappa shape index (κ2) is 6.21. The first-order valence-corrected chi connectivity index (χ1v) is 6.73. The van der Waals surface area contributed by atoms with Crippen molar-refractivity contribution in [3.63, 3.8) is 0 Å². The first kappa shape index (κ1) is 13.4. The molecule has 0 radical (unpaired) electrons. The van der Waals surface area contributed by atoms with Crippen LogP contribution < -0.4 is 4.90 Å². The molecule has 0 N–H and O–H groups in total. The predicted octanol–water partition coefficient (Wildman–Crippen LogP) is 3.16. The highest BCUT2D eigenvalue weighted by Crippen LogP contribution is 2.25. The van der Waals surface area contributed by atoms with Crippen molar-refractivity contribution in [1.82, 2.24) is 0 Å². The van der Waals surface area contributed by atoms with Crippen LogP contribution in [-0.2, 0) is 4.74 Å². The average molecular weight is 268 g/mol. The Hall–Kier alpha value is -1.06. The van der Waals surface area contributed by atoms with Gasteiger partial charge in [0.15, 0.2) is 6.29 Å². The SMILES string of the molecule is CCC1CN(c2ccc(Cl)cc2C=O)CCCO1. The van der Waals surface area contributed by atoms with Crippen molar-refractivity contribution in [2.75, 3.05) is 24.6 Å². The molecule has 4 heteroatoms. The third-order valence-corrected chi connectivity index (χ3v) is 3.50. The molecule has 2 rings (SSSR count). The van der Waals surface area contributed by atoms with E-state index in [1.54, 1.807) is 6.07 Å². The molecule has 1 aromatic rings. The van der Waals surface area contributed by atoms with Crippen molar-refractivity contribution in [1.29, 1.82) is 0 Å². The molecule has 1 heterocycles. The summed E-state index contributed by atoms with van der Waals surface area (Å²) in [5.74, 6) is 0. The summed E-state index contributed by atoms with van der Waals surface area (Å²) in [6.45, 7) is 4.66. The van der Waals surface area contributed by atoms with Gasteiger partial charge in [-0.2, -0.15) is 0 Å². The minimum Gasteiger partial charge on any atom is -0.376 e. The van der Waals surface area contributed by atoms with E-state index >= 15 is 0 Å². The molecule has 1 aliphatic heterocycles. The Morgan fingerprint density at radius 2 is 2.39 bits per heavy atom. The number of carbonyl (C=O) groups is 1. The molecule has 1 saturated heterocycles. The monoisotopic (exact) mass is 267 g/mol. The molecule has 0 aromatic heterocycles. The van der Waals surface area contributed by atoms with Gasteiger partial charge in [-0.25, -0.2) is 0 Å². The van der Waals surface area contributed by atoms with E-state index in [0.717, 1.165) is 44.5 Å². The Kier molecular flexibility index (Phi) is 4.61. The molecule has 0 saturated carbocycles. The minimum absolute atomic E-state index is 0.239. The molecule has 0 bridgehead atoms. The van der Waals surface area contributed by atoms with Gasteiger partial charge < -0.3 is 9.64 Å². The third kappa shape index (κ3) is 3.03. The number of benzene rings is 1. The Morgan fingerprint density at radius 3 is 3.11 bits per heavy atom. The van der Waals surface area contributed by atoms with Gasteiger partial charge in [0.25, 0.3) is 0 Å². The second-order valence-electron chi connectivity index (χ2n) is 4.52. The van der Waals surface area contributed by atoms with Gasteiger partial charge >= 0.3 is 0 Å². The number of carbonyl (C=O) groups excluding carboxylic acids is 1. The first-order chi connectivity index (χ1) is 8.74. The van der Waals surface area contributed by atoms with Gasteiger partial charge in [0.2, 0.25) is 0 Å². The molecular weight excluding hydrogens is 250 g/mol. The number of nitrogens with zero attached hydrogens (tertiary/aromatic N) is 1. The van der Waals surface area contributed by atoms with E-state index in [4.69, 9.17) is 16.3 Å². The molecule has 0 spiro atoms. The van der Waals surface area contributed by atoms with Gasteiger partial charge in [0.1, 0.15) is 0 Å².